The maximum Gasteiger partial charge on any atom is 0.0857 e. The van der Waals surface area contributed by atoms with E-state index >= 15 is 0 Å². The quantitative estimate of drug-likeness (QED) is 0.611. The molecule has 2 N–H and O–H groups in total. The minimum atomic E-state index is 0.0263. The molecule has 1 aliphatic rings. The Morgan fingerprint density at radius 1 is 1.42 bits per heavy atom. The predicted molar refractivity (Wildman–Crippen MR) is 46.6 cm³/mol. The molecular weight excluding hydrogens is 156 g/mol. The van der Waals surface area contributed by atoms with Crippen LogP contribution in [-0.4, -0.2) is 43.3 Å². The third kappa shape index (κ3) is 2.42. The Hall–Kier alpha value is -0.160. The Morgan fingerprint density at radius 3 is 2.50 bits per heavy atom. The summed E-state index contributed by atoms with van der Waals surface area (Å²) >= 11 is 0. The molecule has 0 atom stereocenters. The Labute approximate surface area is 73.6 Å². The molecule has 0 aromatic carbocycles. The summed E-state index contributed by atoms with van der Waals surface area (Å²) in [7, 11) is 0. The Kier molecular flexibility index (Phi) is 3.46. The summed E-state index contributed by atoms with van der Waals surface area (Å²) < 4.78 is 5.26. The second-order valence-electron chi connectivity index (χ2n) is 3.72. The molecular formula is C8H18N2O2. The van der Waals surface area contributed by atoms with Gasteiger partial charge in [-0.2, -0.15) is 0 Å². The van der Waals surface area contributed by atoms with Crippen LogP contribution in [0.2, 0.25) is 0 Å². The molecule has 4 nitrogen and oxygen atoms in total. The molecule has 0 amide bonds. The van der Waals surface area contributed by atoms with E-state index in [9.17, 15) is 0 Å². The van der Waals surface area contributed by atoms with E-state index in [-0.39, 0.29) is 5.54 Å². The third-order valence-corrected chi connectivity index (χ3v) is 2.30. The summed E-state index contributed by atoms with van der Waals surface area (Å²) in [6.45, 7) is 8.39. The lowest BCUT2D eigenvalue weighted by Gasteiger charge is -2.39. The Bertz CT molecular complexity index is 133. The van der Waals surface area contributed by atoms with Gasteiger partial charge in [0.1, 0.15) is 0 Å². The van der Waals surface area contributed by atoms with Gasteiger partial charge in [0.2, 0.25) is 0 Å². The maximum atomic E-state index is 5.26. The standard InChI is InChI=1S/C8H18N2O2/c1-8(2,7-12-9)10-3-5-11-6-4-10/h3-7,9H2,1-2H3. The summed E-state index contributed by atoms with van der Waals surface area (Å²) in [5.74, 6) is 5.06. The van der Waals surface area contributed by atoms with Crippen LogP contribution < -0.4 is 5.90 Å². The molecule has 0 aliphatic carbocycles. The molecule has 0 bridgehead atoms. The number of hydrogen-bond acceptors (Lipinski definition) is 4. The minimum Gasteiger partial charge on any atom is -0.379 e. The molecule has 0 radical (unpaired) electrons. The van der Waals surface area contributed by atoms with E-state index in [0.29, 0.717) is 6.61 Å². The molecule has 0 aromatic heterocycles. The van der Waals surface area contributed by atoms with E-state index in [4.69, 9.17) is 10.6 Å². The van der Waals surface area contributed by atoms with Crippen LogP contribution >= 0.6 is 0 Å². The lowest BCUT2D eigenvalue weighted by Crippen LogP contribution is -2.52. The Balaban J connectivity index is 2.41. The van der Waals surface area contributed by atoms with Gasteiger partial charge in [-0.1, -0.05) is 0 Å². The number of hydrogen-bond donors (Lipinski definition) is 1. The first-order valence-corrected chi connectivity index (χ1v) is 4.31. The number of nitrogens with zero attached hydrogens (tertiary/aromatic N) is 1. The first-order chi connectivity index (χ1) is 5.67. The van der Waals surface area contributed by atoms with Crippen LogP contribution in [0.5, 0.6) is 0 Å². The molecule has 1 saturated heterocycles. The second kappa shape index (κ2) is 4.18. The van der Waals surface area contributed by atoms with Crippen LogP contribution in [0.15, 0.2) is 0 Å². The maximum absolute atomic E-state index is 5.26. The molecule has 0 unspecified atom stereocenters. The van der Waals surface area contributed by atoms with Gasteiger partial charge in [0, 0.05) is 18.6 Å². The summed E-state index contributed by atoms with van der Waals surface area (Å²) in [5.41, 5.74) is 0.0263. The van der Waals surface area contributed by atoms with Gasteiger partial charge >= 0.3 is 0 Å². The molecule has 0 aromatic rings. The van der Waals surface area contributed by atoms with Gasteiger partial charge in [-0.15, -0.1) is 0 Å². The van der Waals surface area contributed by atoms with Crippen molar-refractivity contribution in [2.45, 2.75) is 19.4 Å². The predicted octanol–water partition coefficient (Wildman–Crippen LogP) is -0.0125. The molecule has 12 heavy (non-hydrogen) atoms. The minimum absolute atomic E-state index is 0.0263. The monoisotopic (exact) mass is 174 g/mol. The van der Waals surface area contributed by atoms with Gasteiger partial charge in [0.25, 0.3) is 0 Å². The molecule has 1 aliphatic heterocycles. The highest BCUT2D eigenvalue weighted by Crippen LogP contribution is 2.15. The Morgan fingerprint density at radius 2 is 2.00 bits per heavy atom. The SMILES string of the molecule is CC(C)(CON)N1CCOCC1. The number of rotatable bonds is 3. The third-order valence-electron chi connectivity index (χ3n) is 2.30. The molecule has 0 saturated carbocycles. The number of ether oxygens (including phenoxy) is 1. The van der Waals surface area contributed by atoms with Crippen LogP contribution in [-0.2, 0) is 9.57 Å². The zero-order chi connectivity index (χ0) is 9.03. The van der Waals surface area contributed by atoms with Crippen molar-refractivity contribution in [1.82, 2.24) is 4.90 Å². The van der Waals surface area contributed by atoms with Crippen molar-refractivity contribution < 1.29 is 9.57 Å². The van der Waals surface area contributed by atoms with Gasteiger partial charge in [-0.3, -0.25) is 4.90 Å². The van der Waals surface area contributed by atoms with E-state index in [0.717, 1.165) is 26.3 Å². The number of morpholine rings is 1. The van der Waals surface area contributed by atoms with Crippen LogP contribution in [0.25, 0.3) is 0 Å². The highest BCUT2D eigenvalue weighted by molar-refractivity contribution is 4.82. The van der Waals surface area contributed by atoms with Crippen molar-refractivity contribution >= 4 is 0 Å². The van der Waals surface area contributed by atoms with Crippen molar-refractivity contribution in [2.24, 2.45) is 5.90 Å². The van der Waals surface area contributed by atoms with E-state index in [1.165, 1.54) is 0 Å². The van der Waals surface area contributed by atoms with Gasteiger partial charge in [0.05, 0.1) is 19.8 Å². The summed E-state index contributed by atoms with van der Waals surface area (Å²) in [6, 6.07) is 0. The lowest BCUT2D eigenvalue weighted by atomic mass is 10.0. The summed E-state index contributed by atoms with van der Waals surface area (Å²) in [4.78, 5) is 7.01. The van der Waals surface area contributed by atoms with E-state index < -0.39 is 0 Å². The van der Waals surface area contributed by atoms with Crippen LogP contribution in [0.1, 0.15) is 13.8 Å². The van der Waals surface area contributed by atoms with Crippen LogP contribution in [0, 0.1) is 0 Å². The highest BCUT2D eigenvalue weighted by atomic mass is 16.6. The molecule has 1 heterocycles. The van der Waals surface area contributed by atoms with E-state index in [1.54, 1.807) is 0 Å². The molecule has 1 fully saturated rings. The summed E-state index contributed by atoms with van der Waals surface area (Å²) in [6.07, 6.45) is 0. The fourth-order valence-electron chi connectivity index (χ4n) is 1.46. The topological polar surface area (TPSA) is 47.7 Å². The highest BCUT2D eigenvalue weighted by Gasteiger charge is 2.28. The van der Waals surface area contributed by atoms with Crippen molar-refractivity contribution in [3.8, 4) is 0 Å². The zero-order valence-electron chi connectivity index (χ0n) is 7.88. The fourth-order valence-corrected chi connectivity index (χ4v) is 1.46. The largest absolute Gasteiger partial charge is 0.379 e. The molecule has 4 heteroatoms. The normalized spacial score (nSPS) is 21.2. The van der Waals surface area contributed by atoms with Crippen molar-refractivity contribution in [2.75, 3.05) is 32.9 Å². The second-order valence-corrected chi connectivity index (χ2v) is 3.72. The van der Waals surface area contributed by atoms with Crippen LogP contribution in [0.4, 0.5) is 0 Å². The van der Waals surface area contributed by atoms with Gasteiger partial charge in [-0.05, 0) is 13.8 Å². The molecule has 1 rings (SSSR count). The van der Waals surface area contributed by atoms with Gasteiger partial charge in [0.15, 0.2) is 0 Å². The van der Waals surface area contributed by atoms with Crippen molar-refractivity contribution in [3.63, 3.8) is 0 Å². The molecule has 0 spiro atoms. The fraction of sp³-hybridized carbons (Fsp3) is 1.00. The smallest absolute Gasteiger partial charge is 0.0857 e. The first kappa shape index (κ1) is 9.92. The lowest BCUT2D eigenvalue weighted by molar-refractivity contribution is -0.0454. The average Bonchev–Trinajstić information content (AvgIpc) is 2.06. The summed E-state index contributed by atoms with van der Waals surface area (Å²) in [5, 5.41) is 0. The van der Waals surface area contributed by atoms with Gasteiger partial charge < -0.3 is 9.57 Å². The van der Waals surface area contributed by atoms with Crippen molar-refractivity contribution in [1.29, 1.82) is 0 Å². The van der Waals surface area contributed by atoms with E-state index in [2.05, 4.69) is 23.6 Å². The number of nitrogens with two attached hydrogens (primary N) is 1. The molecule has 72 valence electrons. The van der Waals surface area contributed by atoms with Crippen molar-refractivity contribution in [3.05, 3.63) is 0 Å². The van der Waals surface area contributed by atoms with E-state index in [1.807, 2.05) is 0 Å². The average molecular weight is 174 g/mol. The van der Waals surface area contributed by atoms with Gasteiger partial charge in [-0.25, -0.2) is 5.90 Å². The zero-order valence-corrected chi connectivity index (χ0v) is 7.88. The first-order valence-electron chi connectivity index (χ1n) is 4.31. The van der Waals surface area contributed by atoms with Crippen LogP contribution in [0.3, 0.4) is 0 Å².